The Balaban J connectivity index is 1.81. The molecule has 4 heteroatoms. The summed E-state index contributed by atoms with van der Waals surface area (Å²) in [6.45, 7) is 4.76. The number of hydrogen-bond acceptors (Lipinski definition) is 4. The molecule has 0 saturated heterocycles. The van der Waals surface area contributed by atoms with Gasteiger partial charge in [-0.25, -0.2) is 0 Å². The van der Waals surface area contributed by atoms with E-state index in [1.807, 2.05) is 13.1 Å². The molecule has 2 aromatic heterocycles. The highest BCUT2D eigenvalue weighted by molar-refractivity contribution is 7.17. The largest absolute Gasteiger partial charge is 0.496 e. The number of methoxy groups -OCH3 is 1. The van der Waals surface area contributed by atoms with Crippen molar-refractivity contribution < 1.29 is 4.74 Å². The smallest absolute Gasteiger partial charge is 0.128 e. The lowest BCUT2D eigenvalue weighted by Gasteiger charge is -2.13. The van der Waals surface area contributed by atoms with E-state index >= 15 is 0 Å². The Morgan fingerprint density at radius 1 is 1.24 bits per heavy atom. The molecule has 0 radical (unpaired) electrons. The second kappa shape index (κ2) is 5.74. The number of hydrogen-bond donors (Lipinski definition) is 1. The molecule has 0 unspecified atom stereocenters. The molecule has 3 nitrogen and oxygen atoms in total. The Hall–Kier alpha value is -2.07. The van der Waals surface area contributed by atoms with Crippen LogP contribution >= 0.6 is 11.3 Å². The number of anilines is 1. The van der Waals surface area contributed by atoms with Crippen LogP contribution in [0.1, 0.15) is 16.8 Å². The van der Waals surface area contributed by atoms with Crippen LogP contribution in [0, 0.1) is 13.8 Å². The van der Waals surface area contributed by atoms with Gasteiger partial charge in [0.2, 0.25) is 0 Å². The van der Waals surface area contributed by atoms with E-state index < -0.39 is 0 Å². The summed E-state index contributed by atoms with van der Waals surface area (Å²) in [5.74, 6) is 0.926. The van der Waals surface area contributed by atoms with Crippen molar-refractivity contribution in [1.82, 2.24) is 4.98 Å². The number of ether oxygens (including phenoxy) is 1. The zero-order chi connectivity index (χ0) is 14.8. The highest BCUT2D eigenvalue weighted by atomic mass is 32.1. The van der Waals surface area contributed by atoms with Crippen molar-refractivity contribution in [2.24, 2.45) is 0 Å². The molecule has 0 fully saturated rings. The van der Waals surface area contributed by atoms with E-state index in [2.05, 4.69) is 46.9 Å². The minimum absolute atomic E-state index is 0.693. The topological polar surface area (TPSA) is 34.1 Å². The van der Waals surface area contributed by atoms with E-state index in [0.29, 0.717) is 6.54 Å². The van der Waals surface area contributed by atoms with Gasteiger partial charge < -0.3 is 10.1 Å². The summed E-state index contributed by atoms with van der Waals surface area (Å²) >= 11 is 1.76. The van der Waals surface area contributed by atoms with Gasteiger partial charge in [0, 0.05) is 27.7 Å². The zero-order valence-electron chi connectivity index (χ0n) is 12.4. The fourth-order valence-corrected chi connectivity index (χ4v) is 3.28. The number of benzene rings is 1. The van der Waals surface area contributed by atoms with Crippen molar-refractivity contribution in [3.63, 3.8) is 0 Å². The normalized spacial score (nSPS) is 10.8. The van der Waals surface area contributed by atoms with Gasteiger partial charge in [0.1, 0.15) is 5.75 Å². The minimum atomic E-state index is 0.693. The van der Waals surface area contributed by atoms with Crippen molar-refractivity contribution in [2.75, 3.05) is 12.4 Å². The summed E-state index contributed by atoms with van der Waals surface area (Å²) in [4.78, 5) is 4.51. The van der Waals surface area contributed by atoms with E-state index in [1.165, 1.54) is 10.1 Å². The van der Waals surface area contributed by atoms with Gasteiger partial charge in [-0.3, -0.25) is 4.98 Å². The molecule has 21 heavy (non-hydrogen) atoms. The predicted octanol–water partition coefficient (Wildman–Crippen LogP) is 4.53. The molecule has 3 aromatic rings. The molecule has 0 spiro atoms. The van der Waals surface area contributed by atoms with Crippen LogP contribution in [0.25, 0.3) is 10.1 Å². The molecular weight excluding hydrogens is 280 g/mol. The quantitative estimate of drug-likeness (QED) is 0.768. The number of nitrogens with one attached hydrogen (secondary N) is 1. The van der Waals surface area contributed by atoms with Gasteiger partial charge in [-0.2, -0.15) is 0 Å². The second-order valence-corrected chi connectivity index (χ2v) is 6.02. The highest BCUT2D eigenvalue weighted by Gasteiger charge is 2.09. The first-order valence-corrected chi connectivity index (χ1v) is 7.77. The maximum Gasteiger partial charge on any atom is 0.128 e. The van der Waals surface area contributed by atoms with E-state index in [9.17, 15) is 0 Å². The third-order valence-corrected chi connectivity index (χ3v) is 4.56. The van der Waals surface area contributed by atoms with Crippen LogP contribution in [0.4, 0.5) is 5.69 Å². The summed E-state index contributed by atoms with van der Waals surface area (Å²) in [7, 11) is 1.71. The monoisotopic (exact) mass is 298 g/mol. The fraction of sp³-hybridized carbons (Fsp3) is 0.235. The van der Waals surface area contributed by atoms with Crippen molar-refractivity contribution in [3.8, 4) is 5.75 Å². The van der Waals surface area contributed by atoms with Gasteiger partial charge in [0.25, 0.3) is 0 Å². The van der Waals surface area contributed by atoms with Crippen LogP contribution < -0.4 is 10.1 Å². The third-order valence-electron chi connectivity index (χ3n) is 3.66. The minimum Gasteiger partial charge on any atom is -0.496 e. The van der Waals surface area contributed by atoms with E-state index in [1.54, 1.807) is 18.4 Å². The average molecular weight is 298 g/mol. The number of aryl methyl sites for hydroxylation is 1. The number of nitrogens with zero attached hydrogens (tertiary/aromatic N) is 1. The summed E-state index contributed by atoms with van der Waals surface area (Å²) < 4.78 is 6.76. The van der Waals surface area contributed by atoms with E-state index in [0.717, 1.165) is 28.3 Å². The van der Waals surface area contributed by atoms with Crippen molar-refractivity contribution in [3.05, 3.63) is 52.7 Å². The van der Waals surface area contributed by atoms with Gasteiger partial charge in [-0.1, -0.05) is 0 Å². The van der Waals surface area contributed by atoms with Crippen molar-refractivity contribution in [2.45, 2.75) is 20.4 Å². The first-order chi connectivity index (χ1) is 10.2. The van der Waals surface area contributed by atoms with Crippen molar-refractivity contribution in [1.29, 1.82) is 0 Å². The lowest BCUT2D eigenvalue weighted by molar-refractivity contribution is 0.407. The van der Waals surface area contributed by atoms with Crippen LogP contribution in [0.15, 0.2) is 35.8 Å². The molecule has 0 aliphatic rings. The summed E-state index contributed by atoms with van der Waals surface area (Å²) in [6.07, 6.45) is 1.87. The van der Waals surface area contributed by atoms with Crippen molar-refractivity contribution >= 4 is 27.1 Å². The SMILES string of the molecule is COc1c(C)cnc(CNc2ccc3sccc3c2)c1C. The number of aromatic nitrogens is 1. The third kappa shape index (κ3) is 2.72. The Morgan fingerprint density at radius 3 is 2.90 bits per heavy atom. The van der Waals surface area contributed by atoms with Gasteiger partial charge in [0.05, 0.1) is 19.3 Å². The van der Waals surface area contributed by atoms with Gasteiger partial charge in [-0.05, 0) is 48.9 Å². The van der Waals surface area contributed by atoms with Gasteiger partial charge in [0.15, 0.2) is 0 Å². The predicted molar refractivity (Wildman–Crippen MR) is 89.4 cm³/mol. The Bertz CT molecular complexity index is 780. The number of rotatable bonds is 4. The Morgan fingerprint density at radius 2 is 2.10 bits per heavy atom. The molecule has 0 aliphatic heterocycles. The first kappa shape index (κ1) is 13.9. The molecule has 0 bridgehead atoms. The van der Waals surface area contributed by atoms with Crippen LogP contribution in [0.5, 0.6) is 5.75 Å². The molecule has 108 valence electrons. The van der Waals surface area contributed by atoms with E-state index in [4.69, 9.17) is 4.74 Å². The zero-order valence-corrected chi connectivity index (χ0v) is 13.3. The molecule has 0 atom stereocenters. The van der Waals surface area contributed by atoms with E-state index in [-0.39, 0.29) is 0 Å². The average Bonchev–Trinajstić information content (AvgIpc) is 2.94. The summed E-state index contributed by atoms with van der Waals surface area (Å²) in [5, 5.41) is 6.83. The highest BCUT2D eigenvalue weighted by Crippen LogP contribution is 2.26. The lowest BCUT2D eigenvalue weighted by atomic mass is 10.1. The summed E-state index contributed by atoms with van der Waals surface area (Å²) in [6, 6.07) is 8.58. The molecular formula is C17H18N2OS. The number of fused-ring (bicyclic) bond motifs is 1. The maximum atomic E-state index is 5.45. The standard InChI is InChI=1S/C17H18N2OS/c1-11-9-19-15(12(2)17(11)20-3)10-18-14-4-5-16-13(8-14)6-7-21-16/h4-9,18H,10H2,1-3H3. The van der Waals surface area contributed by atoms with Crippen LogP contribution in [0.2, 0.25) is 0 Å². The Labute approximate surface area is 128 Å². The fourth-order valence-electron chi connectivity index (χ4n) is 2.51. The van der Waals surface area contributed by atoms with Gasteiger partial charge in [-0.15, -0.1) is 11.3 Å². The maximum absolute atomic E-state index is 5.45. The lowest BCUT2D eigenvalue weighted by Crippen LogP contribution is -2.06. The molecule has 0 saturated carbocycles. The Kier molecular flexibility index (Phi) is 3.80. The molecule has 1 N–H and O–H groups in total. The number of thiophene rings is 1. The first-order valence-electron chi connectivity index (χ1n) is 6.89. The number of pyridine rings is 1. The molecule has 2 heterocycles. The summed E-state index contributed by atoms with van der Waals surface area (Å²) in [5.41, 5.74) is 4.30. The molecule has 0 amide bonds. The molecule has 0 aliphatic carbocycles. The van der Waals surface area contributed by atoms with Crippen LogP contribution in [-0.4, -0.2) is 12.1 Å². The van der Waals surface area contributed by atoms with Crippen LogP contribution in [-0.2, 0) is 6.54 Å². The molecule has 1 aromatic carbocycles. The molecule has 3 rings (SSSR count). The van der Waals surface area contributed by atoms with Gasteiger partial charge >= 0.3 is 0 Å². The second-order valence-electron chi connectivity index (χ2n) is 5.07. The van der Waals surface area contributed by atoms with Crippen LogP contribution in [0.3, 0.4) is 0 Å².